The summed E-state index contributed by atoms with van der Waals surface area (Å²) in [6.07, 6.45) is -16.8. The molecular formula is C12H21FO11. The normalized spacial score (nSPS) is 53.1. The maximum Gasteiger partial charge on any atom is 0.263 e. The largest absolute Gasteiger partial charge is 0.394 e. The average Bonchev–Trinajstić information content (AvgIpc) is 2.57. The average molecular weight is 360 g/mol. The summed E-state index contributed by atoms with van der Waals surface area (Å²) in [5.74, 6) is -3.16. The molecule has 2 aliphatic heterocycles. The van der Waals surface area contributed by atoms with Gasteiger partial charge in [-0.1, -0.05) is 0 Å². The molecule has 0 aromatic heterocycles. The fraction of sp³-hybridized carbons (Fsp3) is 1.00. The lowest BCUT2D eigenvalue weighted by molar-refractivity contribution is -0.398. The maximum atomic E-state index is 14.2. The third-order valence-electron chi connectivity index (χ3n) is 4.05. The van der Waals surface area contributed by atoms with E-state index in [2.05, 4.69) is 4.74 Å². The Morgan fingerprint density at radius 2 is 1.54 bits per heavy atom. The van der Waals surface area contributed by atoms with Crippen LogP contribution in [0, 0.1) is 0 Å². The Bertz CT molecular complexity index is 426. The zero-order chi connectivity index (χ0) is 18.2. The molecule has 0 bridgehead atoms. The third kappa shape index (κ3) is 3.40. The molecule has 0 aliphatic carbocycles. The van der Waals surface area contributed by atoms with E-state index in [1.165, 1.54) is 0 Å². The minimum Gasteiger partial charge on any atom is -0.394 e. The lowest BCUT2D eigenvalue weighted by Crippen LogP contribution is -2.67. The van der Waals surface area contributed by atoms with Gasteiger partial charge >= 0.3 is 0 Å². The van der Waals surface area contributed by atoms with Gasteiger partial charge in [0.2, 0.25) is 0 Å². The van der Waals surface area contributed by atoms with Crippen molar-refractivity contribution in [1.82, 2.24) is 0 Å². The van der Waals surface area contributed by atoms with Crippen molar-refractivity contribution < 1.29 is 59.5 Å². The highest BCUT2D eigenvalue weighted by Gasteiger charge is 2.56. The zero-order valence-electron chi connectivity index (χ0n) is 12.3. The SMILES string of the molecule is OC[C@H]1O[C@@H](O)[C@H](O)[C@@H](O)[C@@H]1O[C@H]1O[C@@](F)(CO)[C@H](O)[C@@H](O)[C@H]1O. The fourth-order valence-corrected chi connectivity index (χ4v) is 2.56. The molecule has 0 aromatic rings. The molecule has 0 spiro atoms. The van der Waals surface area contributed by atoms with E-state index in [1.807, 2.05) is 0 Å². The summed E-state index contributed by atoms with van der Waals surface area (Å²) in [7, 11) is 0. The summed E-state index contributed by atoms with van der Waals surface area (Å²) >= 11 is 0. The van der Waals surface area contributed by atoms with Crippen LogP contribution in [0.4, 0.5) is 4.39 Å². The maximum absolute atomic E-state index is 14.2. The molecule has 12 heteroatoms. The van der Waals surface area contributed by atoms with E-state index in [0.717, 1.165) is 0 Å². The van der Waals surface area contributed by atoms with Crippen LogP contribution in [0.5, 0.6) is 0 Å². The van der Waals surface area contributed by atoms with E-state index in [9.17, 15) is 40.1 Å². The fourth-order valence-electron chi connectivity index (χ4n) is 2.56. The highest BCUT2D eigenvalue weighted by atomic mass is 19.2. The summed E-state index contributed by atoms with van der Waals surface area (Å²) in [5.41, 5.74) is 0. The van der Waals surface area contributed by atoms with Gasteiger partial charge in [0.25, 0.3) is 5.85 Å². The number of aliphatic hydroxyl groups excluding tert-OH is 8. The van der Waals surface area contributed by atoms with Gasteiger partial charge < -0.3 is 55.1 Å². The minimum atomic E-state index is -3.16. The topological polar surface area (TPSA) is 190 Å². The lowest BCUT2D eigenvalue weighted by atomic mass is 9.96. The Hall–Kier alpha value is -0.510. The van der Waals surface area contributed by atoms with Gasteiger partial charge in [0.05, 0.1) is 6.61 Å². The molecule has 0 saturated carbocycles. The number of rotatable bonds is 4. The smallest absolute Gasteiger partial charge is 0.263 e. The van der Waals surface area contributed by atoms with Gasteiger partial charge in [-0.05, 0) is 0 Å². The van der Waals surface area contributed by atoms with Crippen molar-refractivity contribution in [2.75, 3.05) is 13.2 Å². The standard InChI is InChI=1S/C12H21FO11/c13-12(2-15)9(20)5(17)7(19)11(24-12)23-8-3(1-14)22-10(21)6(18)4(8)16/h3-11,14-21H,1-2H2/t3-,4-,5+,6-,7-,8-,9-,10-,11+,12+/m1/s1. The monoisotopic (exact) mass is 360 g/mol. The highest BCUT2D eigenvalue weighted by molar-refractivity contribution is 4.96. The summed E-state index contributed by atoms with van der Waals surface area (Å²) in [5, 5.41) is 76.0. The van der Waals surface area contributed by atoms with Crippen LogP contribution in [-0.2, 0) is 14.2 Å². The zero-order valence-corrected chi connectivity index (χ0v) is 12.3. The number of halogens is 1. The molecule has 0 unspecified atom stereocenters. The molecule has 2 heterocycles. The summed E-state index contributed by atoms with van der Waals surface area (Å²) in [4.78, 5) is 0. The van der Waals surface area contributed by atoms with Crippen LogP contribution in [0.1, 0.15) is 0 Å². The second kappa shape index (κ2) is 7.39. The second-order valence-corrected chi connectivity index (χ2v) is 5.69. The molecule has 2 fully saturated rings. The molecule has 142 valence electrons. The first-order valence-electron chi connectivity index (χ1n) is 7.14. The number of hydrogen-bond acceptors (Lipinski definition) is 11. The van der Waals surface area contributed by atoms with Gasteiger partial charge in [-0.15, -0.1) is 0 Å². The Morgan fingerprint density at radius 3 is 2.08 bits per heavy atom. The molecule has 10 atom stereocenters. The van der Waals surface area contributed by atoms with Crippen LogP contribution in [0.15, 0.2) is 0 Å². The van der Waals surface area contributed by atoms with E-state index >= 15 is 0 Å². The second-order valence-electron chi connectivity index (χ2n) is 5.69. The molecule has 2 aliphatic rings. The predicted octanol–water partition coefficient (Wildman–Crippen LogP) is -5.10. The van der Waals surface area contributed by atoms with E-state index < -0.39 is 74.4 Å². The van der Waals surface area contributed by atoms with Gasteiger partial charge in [-0.25, -0.2) is 4.39 Å². The van der Waals surface area contributed by atoms with Crippen LogP contribution in [0.2, 0.25) is 0 Å². The van der Waals surface area contributed by atoms with Crippen molar-refractivity contribution in [3.05, 3.63) is 0 Å². The molecule has 0 amide bonds. The van der Waals surface area contributed by atoms with E-state index in [1.54, 1.807) is 0 Å². The summed E-state index contributed by atoms with van der Waals surface area (Å²) < 4.78 is 28.8. The van der Waals surface area contributed by atoms with Gasteiger partial charge in [0.1, 0.15) is 49.3 Å². The number of hydrogen-bond donors (Lipinski definition) is 8. The van der Waals surface area contributed by atoms with Crippen LogP contribution in [-0.4, -0.2) is 115 Å². The lowest BCUT2D eigenvalue weighted by Gasteiger charge is -2.46. The van der Waals surface area contributed by atoms with Crippen molar-refractivity contribution >= 4 is 0 Å². The van der Waals surface area contributed by atoms with Crippen molar-refractivity contribution in [2.24, 2.45) is 0 Å². The van der Waals surface area contributed by atoms with E-state index in [-0.39, 0.29) is 0 Å². The molecule has 0 radical (unpaired) electrons. The number of ether oxygens (including phenoxy) is 3. The Labute approximate surface area is 135 Å². The van der Waals surface area contributed by atoms with Crippen molar-refractivity contribution in [1.29, 1.82) is 0 Å². The predicted molar refractivity (Wildman–Crippen MR) is 68.7 cm³/mol. The Balaban J connectivity index is 2.18. The molecule has 0 aromatic carbocycles. The summed E-state index contributed by atoms with van der Waals surface area (Å²) in [6, 6.07) is 0. The van der Waals surface area contributed by atoms with Crippen molar-refractivity contribution in [3.8, 4) is 0 Å². The Kier molecular flexibility index (Phi) is 6.10. The Morgan fingerprint density at radius 1 is 0.917 bits per heavy atom. The van der Waals surface area contributed by atoms with Gasteiger partial charge in [0.15, 0.2) is 12.6 Å². The van der Waals surface area contributed by atoms with Gasteiger partial charge in [-0.2, -0.15) is 0 Å². The first kappa shape index (κ1) is 19.8. The van der Waals surface area contributed by atoms with Gasteiger partial charge in [0, 0.05) is 0 Å². The van der Waals surface area contributed by atoms with Crippen LogP contribution in [0.3, 0.4) is 0 Å². The molecule has 11 nitrogen and oxygen atoms in total. The van der Waals surface area contributed by atoms with Crippen LogP contribution < -0.4 is 0 Å². The van der Waals surface area contributed by atoms with Crippen LogP contribution in [0.25, 0.3) is 0 Å². The first-order chi connectivity index (χ1) is 11.2. The van der Waals surface area contributed by atoms with Gasteiger partial charge in [-0.3, -0.25) is 0 Å². The molecule has 2 rings (SSSR count). The molecular weight excluding hydrogens is 339 g/mol. The minimum absolute atomic E-state index is 0.778. The summed E-state index contributed by atoms with van der Waals surface area (Å²) in [6.45, 7) is -2.15. The van der Waals surface area contributed by atoms with E-state index in [4.69, 9.17) is 14.6 Å². The van der Waals surface area contributed by atoms with E-state index in [0.29, 0.717) is 0 Å². The highest BCUT2D eigenvalue weighted by Crippen LogP contribution is 2.34. The number of aliphatic hydroxyl groups is 8. The van der Waals surface area contributed by atoms with Crippen LogP contribution >= 0.6 is 0 Å². The quantitative estimate of drug-likeness (QED) is 0.239. The van der Waals surface area contributed by atoms with Crippen molar-refractivity contribution in [3.63, 3.8) is 0 Å². The third-order valence-corrected chi connectivity index (χ3v) is 4.05. The first-order valence-corrected chi connectivity index (χ1v) is 7.14. The molecule has 24 heavy (non-hydrogen) atoms. The number of alkyl halides is 1. The molecule has 2 saturated heterocycles. The molecule has 8 N–H and O–H groups in total. The van der Waals surface area contributed by atoms with Crippen molar-refractivity contribution in [2.45, 2.75) is 61.2 Å².